The minimum atomic E-state index is -5.10. The molecule has 0 spiro atoms. The summed E-state index contributed by atoms with van der Waals surface area (Å²) in [5.41, 5.74) is 0. The quantitative estimate of drug-likeness (QED) is 0.416. The fourth-order valence-electron chi connectivity index (χ4n) is 0.144. The predicted octanol–water partition coefficient (Wildman–Crippen LogP) is 3.11. The van der Waals surface area contributed by atoms with Gasteiger partial charge in [0, 0.05) is 8.39 Å². The topological polar surface area (TPSA) is 12.0 Å². The van der Waals surface area contributed by atoms with Gasteiger partial charge in [0.15, 0.2) is 0 Å². The first-order valence-electron chi connectivity index (χ1n) is 1.55. The zero-order chi connectivity index (χ0) is 7.71. The van der Waals surface area contributed by atoms with Crippen molar-refractivity contribution in [2.75, 3.05) is 0 Å². The number of hydrogen-bond donors (Lipinski definition) is 1. The van der Waals surface area contributed by atoms with Crippen molar-refractivity contribution in [2.45, 2.75) is 6.30 Å². The molecule has 0 aliphatic rings. The van der Waals surface area contributed by atoms with Gasteiger partial charge in [0.2, 0.25) is 15.5 Å². The maximum absolute atomic E-state index is 11.4. The summed E-state index contributed by atoms with van der Waals surface area (Å²) in [5.74, 6) is 0. The zero-order valence-electron chi connectivity index (χ0n) is 3.72. The molecule has 0 atom stereocenters. The number of alkyl halides is 3. The Balaban J connectivity index is 3.75. The Morgan fingerprint density at radius 2 is 1.56 bits per heavy atom. The van der Waals surface area contributed by atoms with Crippen molar-refractivity contribution in [2.24, 2.45) is 0 Å². The molecule has 0 aromatic carbocycles. The average molecular weight is 233 g/mol. The molecule has 0 aliphatic heterocycles. The molecular weight excluding hydrogens is 232 g/mol. The second-order valence-corrected chi connectivity index (χ2v) is 4.84. The lowest BCUT2D eigenvalue weighted by molar-refractivity contribution is -0.139. The van der Waals surface area contributed by atoms with E-state index in [-0.39, 0.29) is 5.09 Å². The Morgan fingerprint density at radius 1 is 1.22 bits per heavy atom. The van der Waals surface area contributed by atoms with E-state index < -0.39 is 13.0 Å². The zero-order valence-corrected chi connectivity index (χ0v) is 6.20. The van der Waals surface area contributed by atoms with Gasteiger partial charge in [-0.15, -0.1) is 0 Å². The maximum atomic E-state index is 11.4. The maximum Gasteiger partial charge on any atom is 0.535 e. The van der Waals surface area contributed by atoms with Crippen molar-refractivity contribution < 1.29 is 21.6 Å². The lowest BCUT2D eigenvalue weighted by Gasteiger charge is -2.02. The first-order chi connectivity index (χ1) is 3.71. The molecule has 0 unspecified atom stereocenters. The van der Waals surface area contributed by atoms with E-state index in [1.807, 2.05) is 0 Å². The Morgan fingerprint density at radius 3 is 1.56 bits per heavy atom. The molecule has 0 saturated heterocycles. The summed E-state index contributed by atoms with van der Waals surface area (Å²) in [5, 5.41) is 0.153. The highest BCUT2D eigenvalue weighted by Gasteiger charge is 2.51. The summed E-state index contributed by atoms with van der Waals surface area (Å²) in [6.45, 7) is -5.10. The van der Waals surface area contributed by atoms with Gasteiger partial charge in [-0.2, -0.15) is 13.2 Å². The van der Waals surface area contributed by atoms with Crippen LogP contribution in [0.1, 0.15) is 0 Å². The molecule has 0 radical (unpaired) electrons. The molecule has 0 fully saturated rings. The van der Waals surface area contributed by atoms with Crippen LogP contribution >= 0.6 is 22.2 Å². The third-order valence-electron chi connectivity index (χ3n) is 0.254. The largest absolute Gasteiger partial charge is 0.535 e. The molecule has 0 rings (SSSR count). The van der Waals surface area contributed by atoms with Crippen LogP contribution in [0.3, 0.4) is 0 Å². The summed E-state index contributed by atoms with van der Waals surface area (Å²) in [6, 6.07) is 0. The van der Waals surface area contributed by atoms with Gasteiger partial charge in [-0.05, 0) is 5.09 Å². The SMILES string of the molecule is FC(F)(F)N[P+](F)(F)Br. The summed E-state index contributed by atoms with van der Waals surface area (Å²) >= 11 is 1.56. The van der Waals surface area contributed by atoms with Crippen LogP contribution in [0, 0.1) is 0 Å². The van der Waals surface area contributed by atoms with Gasteiger partial charge in [0.05, 0.1) is 0 Å². The Labute approximate surface area is 56.0 Å². The first kappa shape index (κ1) is 9.52. The van der Waals surface area contributed by atoms with E-state index in [2.05, 4.69) is 0 Å². The van der Waals surface area contributed by atoms with Crippen LogP contribution in [0.2, 0.25) is 0 Å². The van der Waals surface area contributed by atoms with Gasteiger partial charge in [-0.3, -0.25) is 0 Å². The molecule has 9 heavy (non-hydrogen) atoms. The Kier molecular flexibility index (Phi) is 2.79. The minimum absolute atomic E-state index is 0.153. The molecule has 0 bridgehead atoms. The van der Waals surface area contributed by atoms with Crippen molar-refractivity contribution in [1.82, 2.24) is 5.09 Å². The highest BCUT2D eigenvalue weighted by molar-refractivity contribution is 9.40. The fraction of sp³-hybridized carbons (Fsp3) is 1.00. The van der Waals surface area contributed by atoms with Crippen LogP contribution in [-0.2, 0) is 0 Å². The lowest BCUT2D eigenvalue weighted by atomic mass is 11.3. The van der Waals surface area contributed by atoms with Gasteiger partial charge in [0.25, 0.3) is 0 Å². The van der Waals surface area contributed by atoms with E-state index in [1.54, 1.807) is 15.5 Å². The monoisotopic (exact) mass is 232 g/mol. The van der Waals surface area contributed by atoms with Crippen molar-refractivity contribution in [3.8, 4) is 0 Å². The van der Waals surface area contributed by atoms with Crippen molar-refractivity contribution in [1.29, 1.82) is 0 Å². The van der Waals surface area contributed by atoms with E-state index >= 15 is 0 Å². The summed E-state index contributed by atoms with van der Waals surface area (Å²) < 4.78 is 55.7. The highest BCUT2D eigenvalue weighted by Crippen LogP contribution is 2.67. The Bertz CT molecular complexity index is 82.1. The lowest BCUT2D eigenvalue weighted by Crippen LogP contribution is -2.26. The molecule has 56 valence electrons. The van der Waals surface area contributed by atoms with Crippen LogP contribution in [0.25, 0.3) is 0 Å². The fourth-order valence-corrected chi connectivity index (χ4v) is 1.03. The van der Waals surface area contributed by atoms with Gasteiger partial charge < -0.3 is 0 Å². The number of rotatable bonds is 1. The molecule has 1 N–H and O–H groups in total. The molecule has 0 aliphatic carbocycles. The molecule has 1 nitrogen and oxygen atoms in total. The Hall–Kier alpha value is 0.520. The standard InChI is InChI=1S/CHBrF5NP/c2-9(6,7)8-1(3,4)5/h8H/q+1. The second-order valence-electron chi connectivity index (χ2n) is 1.05. The minimum Gasteiger partial charge on any atom is -0.153 e. The van der Waals surface area contributed by atoms with Gasteiger partial charge in [0.1, 0.15) is 0 Å². The van der Waals surface area contributed by atoms with Crippen LogP contribution < -0.4 is 5.09 Å². The molecule has 0 saturated carbocycles. The molecule has 0 amide bonds. The van der Waals surface area contributed by atoms with E-state index in [1.165, 1.54) is 0 Å². The van der Waals surface area contributed by atoms with Crippen LogP contribution in [0.15, 0.2) is 0 Å². The molecule has 0 aromatic rings. The number of hydrogen-bond acceptors (Lipinski definition) is 1. The molecule has 0 heterocycles. The van der Waals surface area contributed by atoms with E-state index in [0.717, 1.165) is 0 Å². The number of nitrogens with one attached hydrogen (secondary N) is 1. The van der Waals surface area contributed by atoms with E-state index in [9.17, 15) is 21.6 Å². The van der Waals surface area contributed by atoms with Crippen molar-refractivity contribution in [3.63, 3.8) is 0 Å². The normalized spacial score (nSPS) is 14.0. The van der Waals surface area contributed by atoms with Gasteiger partial charge >= 0.3 is 13.0 Å². The summed E-state index contributed by atoms with van der Waals surface area (Å²) in [4.78, 5) is 0. The smallest absolute Gasteiger partial charge is 0.153 e. The van der Waals surface area contributed by atoms with Gasteiger partial charge in [-0.25, -0.2) is 0 Å². The van der Waals surface area contributed by atoms with Crippen molar-refractivity contribution >= 4 is 22.2 Å². The third-order valence-corrected chi connectivity index (χ3v) is 1.29. The predicted molar refractivity (Wildman–Crippen MR) is 27.3 cm³/mol. The van der Waals surface area contributed by atoms with E-state index in [0.29, 0.717) is 0 Å². The summed E-state index contributed by atoms with van der Waals surface area (Å²) in [7, 11) is 0. The highest BCUT2D eigenvalue weighted by atomic mass is 79.9. The van der Waals surface area contributed by atoms with Crippen molar-refractivity contribution in [3.05, 3.63) is 0 Å². The molecule has 0 aromatic heterocycles. The first-order valence-corrected chi connectivity index (χ1v) is 5.14. The van der Waals surface area contributed by atoms with Crippen LogP contribution in [0.4, 0.5) is 21.6 Å². The average Bonchev–Trinajstić information content (AvgIpc) is 1.14. The molecular formula is CHBrF5NP+. The number of halogens is 6. The third kappa shape index (κ3) is 8.52. The van der Waals surface area contributed by atoms with E-state index in [4.69, 9.17) is 0 Å². The molecule has 8 heteroatoms. The van der Waals surface area contributed by atoms with Gasteiger partial charge in [-0.1, -0.05) is 0 Å². The van der Waals surface area contributed by atoms with Crippen LogP contribution in [0.5, 0.6) is 0 Å². The van der Waals surface area contributed by atoms with Crippen LogP contribution in [-0.4, -0.2) is 6.30 Å². The second kappa shape index (κ2) is 2.64. The summed E-state index contributed by atoms with van der Waals surface area (Å²) in [6.07, 6.45) is -5.01.